The Labute approximate surface area is 197 Å². The van der Waals surface area contributed by atoms with E-state index < -0.39 is 0 Å². The molecule has 33 heavy (non-hydrogen) atoms. The van der Waals surface area contributed by atoms with Crippen LogP contribution in [0.3, 0.4) is 0 Å². The molecule has 0 saturated heterocycles. The Balaban J connectivity index is 1.37. The van der Waals surface area contributed by atoms with Gasteiger partial charge >= 0.3 is 0 Å². The minimum atomic E-state index is -0.0781. The summed E-state index contributed by atoms with van der Waals surface area (Å²) >= 11 is 1.32. The van der Waals surface area contributed by atoms with Gasteiger partial charge in [0.15, 0.2) is 0 Å². The van der Waals surface area contributed by atoms with Crippen LogP contribution in [0.2, 0.25) is 0 Å². The molecule has 0 aliphatic rings. The van der Waals surface area contributed by atoms with Crippen molar-refractivity contribution in [1.29, 1.82) is 0 Å². The molecule has 0 atom stereocenters. The van der Waals surface area contributed by atoms with Crippen molar-refractivity contribution >= 4 is 17.7 Å². The number of hydrogen-bond acceptors (Lipinski definition) is 6. The summed E-state index contributed by atoms with van der Waals surface area (Å²) in [6.45, 7) is 9.20. The van der Waals surface area contributed by atoms with E-state index in [9.17, 15) is 4.79 Å². The molecule has 9 heteroatoms. The van der Waals surface area contributed by atoms with Crippen LogP contribution in [0.5, 0.6) is 0 Å². The number of benzene rings is 2. The number of tetrazole rings is 1. The van der Waals surface area contributed by atoms with Crippen LogP contribution in [0, 0.1) is 27.7 Å². The van der Waals surface area contributed by atoms with Crippen LogP contribution < -0.4 is 5.32 Å². The largest absolute Gasteiger partial charge is 0.351 e. The SMILES string of the molecule is Cc1cccc(C)c1-n1nnnc1SCC(=O)NCc1c(C)nn(Cc2ccccc2)c1C. The van der Waals surface area contributed by atoms with Crippen molar-refractivity contribution in [3.63, 3.8) is 0 Å². The van der Waals surface area contributed by atoms with Crippen LogP contribution in [0.25, 0.3) is 5.69 Å². The molecule has 0 saturated carbocycles. The normalized spacial score (nSPS) is 11.0. The van der Waals surface area contributed by atoms with Crippen molar-refractivity contribution in [2.45, 2.75) is 45.9 Å². The maximum atomic E-state index is 12.6. The van der Waals surface area contributed by atoms with Crippen molar-refractivity contribution in [3.05, 3.63) is 82.2 Å². The number of thioether (sulfide) groups is 1. The number of nitrogens with zero attached hydrogens (tertiary/aromatic N) is 6. The second-order valence-electron chi connectivity index (χ2n) is 7.97. The van der Waals surface area contributed by atoms with Gasteiger partial charge in [0.25, 0.3) is 0 Å². The van der Waals surface area contributed by atoms with E-state index in [4.69, 9.17) is 0 Å². The second-order valence-corrected chi connectivity index (χ2v) is 8.91. The van der Waals surface area contributed by atoms with Crippen molar-refractivity contribution < 1.29 is 4.79 Å². The number of carbonyl (C=O) groups excluding carboxylic acids is 1. The lowest BCUT2D eigenvalue weighted by molar-refractivity contribution is -0.118. The lowest BCUT2D eigenvalue weighted by Crippen LogP contribution is -2.25. The van der Waals surface area contributed by atoms with E-state index in [2.05, 4.69) is 38.1 Å². The highest BCUT2D eigenvalue weighted by Gasteiger charge is 2.16. The van der Waals surface area contributed by atoms with Gasteiger partial charge < -0.3 is 5.32 Å². The summed E-state index contributed by atoms with van der Waals surface area (Å²) in [6, 6.07) is 16.3. The van der Waals surface area contributed by atoms with E-state index in [1.165, 1.54) is 17.3 Å². The van der Waals surface area contributed by atoms with Gasteiger partial charge in [-0.15, -0.1) is 5.10 Å². The van der Waals surface area contributed by atoms with Crippen molar-refractivity contribution in [3.8, 4) is 5.69 Å². The summed E-state index contributed by atoms with van der Waals surface area (Å²) in [5.74, 6) is 0.146. The number of carbonyl (C=O) groups is 1. The minimum Gasteiger partial charge on any atom is -0.351 e. The summed E-state index contributed by atoms with van der Waals surface area (Å²) in [6.07, 6.45) is 0. The molecule has 0 aliphatic heterocycles. The number of amides is 1. The Hall–Kier alpha value is -3.46. The van der Waals surface area contributed by atoms with Crippen LogP contribution in [0.15, 0.2) is 53.7 Å². The van der Waals surface area contributed by atoms with Gasteiger partial charge in [-0.05, 0) is 54.8 Å². The molecule has 0 bridgehead atoms. The molecule has 0 aliphatic carbocycles. The van der Waals surface area contributed by atoms with Crippen molar-refractivity contribution in [2.75, 3.05) is 5.75 Å². The van der Waals surface area contributed by atoms with Gasteiger partial charge in [0, 0.05) is 17.8 Å². The molecular formula is C24H27N7OS. The third kappa shape index (κ3) is 5.14. The van der Waals surface area contributed by atoms with Gasteiger partial charge in [0.05, 0.1) is 23.7 Å². The van der Waals surface area contributed by atoms with Crippen molar-refractivity contribution in [1.82, 2.24) is 35.3 Å². The summed E-state index contributed by atoms with van der Waals surface area (Å²) < 4.78 is 3.68. The average Bonchev–Trinajstić information content (AvgIpc) is 3.36. The number of para-hydroxylation sites is 1. The molecule has 0 unspecified atom stereocenters. The molecule has 170 valence electrons. The number of nitrogens with one attached hydrogen (secondary N) is 1. The molecule has 2 aromatic heterocycles. The van der Waals surface area contributed by atoms with Gasteiger partial charge in [-0.2, -0.15) is 9.78 Å². The van der Waals surface area contributed by atoms with E-state index in [0.29, 0.717) is 18.2 Å². The predicted molar refractivity (Wildman–Crippen MR) is 128 cm³/mol. The van der Waals surface area contributed by atoms with Crippen LogP contribution in [0.1, 0.15) is 33.6 Å². The highest BCUT2D eigenvalue weighted by molar-refractivity contribution is 7.99. The molecule has 0 fully saturated rings. The minimum absolute atomic E-state index is 0.0781. The summed E-state index contributed by atoms with van der Waals surface area (Å²) in [5.41, 5.74) is 7.32. The molecule has 4 rings (SSSR count). The smallest absolute Gasteiger partial charge is 0.230 e. The third-order valence-electron chi connectivity index (χ3n) is 5.59. The van der Waals surface area contributed by atoms with Gasteiger partial charge in [0.2, 0.25) is 11.1 Å². The maximum absolute atomic E-state index is 12.6. The zero-order chi connectivity index (χ0) is 23.4. The Morgan fingerprint density at radius 2 is 1.73 bits per heavy atom. The third-order valence-corrected chi connectivity index (χ3v) is 6.51. The zero-order valence-electron chi connectivity index (χ0n) is 19.2. The first kappa shape index (κ1) is 22.7. The lowest BCUT2D eigenvalue weighted by atomic mass is 10.1. The number of rotatable bonds is 8. The molecule has 1 N–H and O–H groups in total. The molecule has 2 aromatic carbocycles. The van der Waals surface area contributed by atoms with E-state index in [0.717, 1.165) is 33.8 Å². The molecule has 8 nitrogen and oxygen atoms in total. The van der Waals surface area contributed by atoms with E-state index in [-0.39, 0.29) is 11.7 Å². The van der Waals surface area contributed by atoms with Gasteiger partial charge in [-0.25, -0.2) is 0 Å². The Kier molecular flexibility index (Phi) is 6.88. The van der Waals surface area contributed by atoms with Gasteiger partial charge in [0.1, 0.15) is 0 Å². The number of aromatic nitrogens is 6. The number of aryl methyl sites for hydroxylation is 3. The molecule has 0 radical (unpaired) electrons. The topological polar surface area (TPSA) is 90.5 Å². The van der Waals surface area contributed by atoms with Gasteiger partial charge in [-0.3, -0.25) is 9.48 Å². The summed E-state index contributed by atoms with van der Waals surface area (Å²) in [7, 11) is 0. The van der Waals surface area contributed by atoms with Crippen LogP contribution in [-0.2, 0) is 17.9 Å². The van der Waals surface area contributed by atoms with Crippen LogP contribution in [0.4, 0.5) is 0 Å². The van der Waals surface area contributed by atoms with E-state index in [1.807, 2.05) is 68.8 Å². The van der Waals surface area contributed by atoms with Gasteiger partial charge in [-0.1, -0.05) is 60.3 Å². The Bertz CT molecular complexity index is 1240. The average molecular weight is 462 g/mol. The Morgan fingerprint density at radius 3 is 2.45 bits per heavy atom. The fraction of sp³-hybridized carbons (Fsp3) is 0.292. The van der Waals surface area contributed by atoms with Crippen LogP contribution in [-0.4, -0.2) is 41.6 Å². The quantitative estimate of drug-likeness (QED) is 0.404. The zero-order valence-corrected chi connectivity index (χ0v) is 20.1. The second kappa shape index (κ2) is 9.99. The molecular weight excluding hydrogens is 434 g/mol. The molecule has 1 amide bonds. The first-order valence-corrected chi connectivity index (χ1v) is 11.7. The van der Waals surface area contributed by atoms with E-state index in [1.54, 1.807) is 4.68 Å². The monoisotopic (exact) mass is 461 g/mol. The lowest BCUT2D eigenvalue weighted by Gasteiger charge is -2.10. The van der Waals surface area contributed by atoms with Crippen molar-refractivity contribution in [2.24, 2.45) is 0 Å². The highest BCUT2D eigenvalue weighted by Crippen LogP contribution is 2.23. The maximum Gasteiger partial charge on any atom is 0.230 e. The highest BCUT2D eigenvalue weighted by atomic mass is 32.2. The first-order valence-electron chi connectivity index (χ1n) is 10.8. The summed E-state index contributed by atoms with van der Waals surface area (Å²) in [4.78, 5) is 12.6. The molecule has 0 spiro atoms. The standard InChI is InChI=1S/C24H27N7OS/c1-16-9-8-10-17(2)23(16)31-24(26-28-29-31)33-15-22(32)25-13-21-18(3)27-30(19(21)4)14-20-11-6-5-7-12-20/h5-12H,13-15H2,1-4H3,(H,25,32). The van der Waals surface area contributed by atoms with Crippen LogP contribution >= 0.6 is 11.8 Å². The fourth-order valence-corrected chi connectivity index (χ4v) is 4.52. The first-order chi connectivity index (χ1) is 15.9. The fourth-order valence-electron chi connectivity index (χ4n) is 3.82. The molecule has 4 aromatic rings. The summed E-state index contributed by atoms with van der Waals surface area (Å²) in [5, 5.41) is 20.3. The van der Waals surface area contributed by atoms with E-state index >= 15 is 0 Å². The Morgan fingerprint density at radius 1 is 1.00 bits per heavy atom. The molecule has 2 heterocycles. The number of hydrogen-bond donors (Lipinski definition) is 1. The predicted octanol–water partition coefficient (Wildman–Crippen LogP) is 3.55.